The van der Waals surface area contributed by atoms with Crippen molar-refractivity contribution in [1.82, 2.24) is 5.32 Å². The van der Waals surface area contributed by atoms with E-state index in [2.05, 4.69) is 42.0 Å². The monoisotopic (exact) mass is 221 g/mol. The van der Waals surface area contributed by atoms with Gasteiger partial charge in [-0.15, -0.1) is 0 Å². The summed E-state index contributed by atoms with van der Waals surface area (Å²) in [7, 11) is 0. The van der Waals surface area contributed by atoms with Gasteiger partial charge < -0.3 is 5.32 Å². The first-order valence-electron chi connectivity index (χ1n) is 4.43. The molecule has 0 radical (unpaired) electrons. The maximum Gasteiger partial charge on any atom is 0.0133 e. The van der Waals surface area contributed by atoms with Crippen molar-refractivity contribution in [2.75, 3.05) is 11.9 Å². The predicted octanol–water partition coefficient (Wildman–Crippen LogP) is 2.94. The third-order valence-electron chi connectivity index (χ3n) is 1.85. The van der Waals surface area contributed by atoms with E-state index in [1.54, 1.807) is 0 Å². The smallest absolute Gasteiger partial charge is 0.0133 e. The molecular formula is C9H20BrN. The van der Waals surface area contributed by atoms with Crippen LogP contribution in [0, 0.1) is 0 Å². The van der Waals surface area contributed by atoms with E-state index < -0.39 is 0 Å². The van der Waals surface area contributed by atoms with Gasteiger partial charge in [0, 0.05) is 10.9 Å². The van der Waals surface area contributed by atoms with Gasteiger partial charge in [0.05, 0.1) is 0 Å². The Morgan fingerprint density at radius 3 is 2.45 bits per heavy atom. The summed E-state index contributed by atoms with van der Waals surface area (Å²) in [5.74, 6) is 0. The lowest BCUT2D eigenvalue weighted by molar-refractivity contribution is 0.377. The van der Waals surface area contributed by atoms with Crippen molar-refractivity contribution < 1.29 is 0 Å². The molecule has 2 heteroatoms. The van der Waals surface area contributed by atoms with Gasteiger partial charge in [0.1, 0.15) is 0 Å². The highest BCUT2D eigenvalue weighted by Gasteiger charge is 2.14. The van der Waals surface area contributed by atoms with Gasteiger partial charge in [-0.2, -0.15) is 0 Å². The molecule has 0 aromatic carbocycles. The number of unbranched alkanes of at least 4 members (excludes halogenated alkanes) is 1. The van der Waals surface area contributed by atoms with Gasteiger partial charge in [-0.25, -0.2) is 0 Å². The molecule has 0 saturated heterocycles. The van der Waals surface area contributed by atoms with Crippen LogP contribution in [0.5, 0.6) is 0 Å². The normalized spacial score (nSPS) is 12.0. The first kappa shape index (κ1) is 11.4. The molecule has 1 N–H and O–H groups in total. The van der Waals surface area contributed by atoms with E-state index in [9.17, 15) is 0 Å². The Bertz CT molecular complexity index is 91.6. The molecule has 0 aromatic rings. The van der Waals surface area contributed by atoms with Crippen LogP contribution in [0.2, 0.25) is 0 Å². The number of halogens is 1. The van der Waals surface area contributed by atoms with E-state index >= 15 is 0 Å². The van der Waals surface area contributed by atoms with Crippen LogP contribution >= 0.6 is 15.9 Å². The van der Waals surface area contributed by atoms with Gasteiger partial charge in [-0.3, -0.25) is 0 Å². The number of hydrogen-bond donors (Lipinski definition) is 1. The molecule has 0 unspecified atom stereocenters. The van der Waals surface area contributed by atoms with Crippen molar-refractivity contribution in [3.8, 4) is 0 Å². The topological polar surface area (TPSA) is 12.0 Å². The Morgan fingerprint density at radius 2 is 2.00 bits per heavy atom. The molecular weight excluding hydrogens is 202 g/mol. The van der Waals surface area contributed by atoms with Gasteiger partial charge >= 0.3 is 0 Å². The number of hydrogen-bond acceptors (Lipinski definition) is 1. The van der Waals surface area contributed by atoms with Gasteiger partial charge in [-0.05, 0) is 33.2 Å². The van der Waals surface area contributed by atoms with Crippen LogP contribution in [0.3, 0.4) is 0 Å². The maximum absolute atomic E-state index is 3.53. The fourth-order valence-electron chi connectivity index (χ4n) is 0.928. The molecule has 0 aromatic heterocycles. The summed E-state index contributed by atoms with van der Waals surface area (Å²) in [4.78, 5) is 0. The van der Waals surface area contributed by atoms with Gasteiger partial charge in [0.2, 0.25) is 0 Å². The molecule has 0 fully saturated rings. The van der Waals surface area contributed by atoms with E-state index in [4.69, 9.17) is 0 Å². The number of rotatable bonds is 6. The summed E-state index contributed by atoms with van der Waals surface area (Å²) in [5.41, 5.74) is 0.304. The molecule has 0 saturated carbocycles. The maximum atomic E-state index is 3.53. The van der Waals surface area contributed by atoms with E-state index in [1.165, 1.54) is 19.3 Å². The molecule has 0 bridgehead atoms. The molecule has 0 aliphatic carbocycles. The van der Waals surface area contributed by atoms with E-state index in [1.807, 2.05) is 0 Å². The SMILES string of the molecule is CCCCNC(C)(C)CCBr. The van der Waals surface area contributed by atoms with Crippen molar-refractivity contribution in [3.05, 3.63) is 0 Å². The Morgan fingerprint density at radius 1 is 1.36 bits per heavy atom. The minimum absolute atomic E-state index is 0.304. The van der Waals surface area contributed by atoms with E-state index in [0.717, 1.165) is 11.9 Å². The molecule has 0 atom stereocenters. The average Bonchev–Trinajstić information content (AvgIpc) is 1.87. The van der Waals surface area contributed by atoms with Crippen LogP contribution in [-0.2, 0) is 0 Å². The number of alkyl halides is 1. The second-order valence-electron chi connectivity index (χ2n) is 3.60. The molecule has 0 heterocycles. The van der Waals surface area contributed by atoms with Crippen molar-refractivity contribution in [1.29, 1.82) is 0 Å². The summed E-state index contributed by atoms with van der Waals surface area (Å²) in [6.45, 7) is 7.88. The lowest BCUT2D eigenvalue weighted by Crippen LogP contribution is -2.40. The molecule has 0 spiro atoms. The quantitative estimate of drug-likeness (QED) is 0.538. The van der Waals surface area contributed by atoms with Crippen LogP contribution in [-0.4, -0.2) is 17.4 Å². The van der Waals surface area contributed by atoms with Gasteiger partial charge in [0.15, 0.2) is 0 Å². The lowest BCUT2D eigenvalue weighted by Gasteiger charge is -2.25. The predicted molar refractivity (Wildman–Crippen MR) is 55.4 cm³/mol. The van der Waals surface area contributed by atoms with E-state index in [0.29, 0.717) is 5.54 Å². The van der Waals surface area contributed by atoms with Crippen LogP contribution in [0.1, 0.15) is 40.0 Å². The third kappa shape index (κ3) is 6.82. The standard InChI is InChI=1S/C9H20BrN/c1-4-5-8-11-9(2,3)6-7-10/h11H,4-8H2,1-3H3. The molecule has 0 rings (SSSR count). The molecule has 0 aliphatic rings. The molecule has 0 amide bonds. The van der Waals surface area contributed by atoms with Crippen LogP contribution in [0.25, 0.3) is 0 Å². The first-order valence-corrected chi connectivity index (χ1v) is 5.55. The summed E-state index contributed by atoms with van der Waals surface area (Å²) in [5, 5.41) is 4.61. The minimum atomic E-state index is 0.304. The Labute approximate surface area is 79.1 Å². The van der Waals surface area contributed by atoms with Crippen LogP contribution < -0.4 is 5.32 Å². The summed E-state index contributed by atoms with van der Waals surface area (Å²) in [6.07, 6.45) is 3.75. The van der Waals surface area contributed by atoms with Crippen LogP contribution in [0.4, 0.5) is 0 Å². The van der Waals surface area contributed by atoms with Gasteiger partial charge in [-0.1, -0.05) is 29.3 Å². The average molecular weight is 222 g/mol. The molecule has 68 valence electrons. The Kier molecular flexibility index (Phi) is 6.25. The number of nitrogens with one attached hydrogen (secondary N) is 1. The Balaban J connectivity index is 3.38. The first-order chi connectivity index (χ1) is 5.12. The Hall–Kier alpha value is 0.440. The minimum Gasteiger partial charge on any atom is -0.312 e. The zero-order valence-electron chi connectivity index (χ0n) is 7.91. The van der Waals surface area contributed by atoms with Crippen LogP contribution in [0.15, 0.2) is 0 Å². The highest BCUT2D eigenvalue weighted by Crippen LogP contribution is 2.09. The fraction of sp³-hybridized carbons (Fsp3) is 1.00. The summed E-state index contributed by atoms with van der Waals surface area (Å²) < 4.78 is 0. The highest BCUT2D eigenvalue weighted by atomic mass is 79.9. The summed E-state index contributed by atoms with van der Waals surface area (Å²) >= 11 is 3.45. The third-order valence-corrected chi connectivity index (χ3v) is 2.25. The molecule has 0 aliphatic heterocycles. The van der Waals surface area contributed by atoms with Gasteiger partial charge in [0.25, 0.3) is 0 Å². The largest absolute Gasteiger partial charge is 0.312 e. The molecule has 1 nitrogen and oxygen atoms in total. The van der Waals surface area contributed by atoms with E-state index in [-0.39, 0.29) is 0 Å². The van der Waals surface area contributed by atoms with Crippen molar-refractivity contribution in [2.45, 2.75) is 45.6 Å². The molecule has 11 heavy (non-hydrogen) atoms. The second-order valence-corrected chi connectivity index (χ2v) is 4.40. The zero-order chi connectivity index (χ0) is 8.74. The fourth-order valence-corrected chi connectivity index (χ4v) is 1.92. The highest BCUT2D eigenvalue weighted by molar-refractivity contribution is 9.09. The lowest BCUT2D eigenvalue weighted by atomic mass is 10.0. The van der Waals surface area contributed by atoms with Crippen molar-refractivity contribution >= 4 is 15.9 Å². The van der Waals surface area contributed by atoms with Crippen molar-refractivity contribution in [3.63, 3.8) is 0 Å². The van der Waals surface area contributed by atoms with Crippen molar-refractivity contribution in [2.24, 2.45) is 0 Å². The second kappa shape index (κ2) is 6.01. The zero-order valence-corrected chi connectivity index (χ0v) is 9.50. The summed E-state index contributed by atoms with van der Waals surface area (Å²) in [6, 6.07) is 0.